The van der Waals surface area contributed by atoms with Crippen LogP contribution in [-0.2, 0) is 4.79 Å². The van der Waals surface area contributed by atoms with E-state index in [0.29, 0.717) is 12.1 Å². The highest BCUT2D eigenvalue weighted by Crippen LogP contribution is 2.28. The van der Waals surface area contributed by atoms with E-state index in [2.05, 4.69) is 25.7 Å². The number of hydrogen-bond donors (Lipinski definition) is 1. The average molecular weight is 227 g/mol. The van der Waals surface area contributed by atoms with Crippen molar-refractivity contribution in [3.05, 3.63) is 0 Å². The zero-order valence-corrected chi connectivity index (χ0v) is 10.8. The Bertz CT molecular complexity index is 222. The highest BCUT2D eigenvalue weighted by atomic mass is 16.4. The first kappa shape index (κ1) is 13.5. The van der Waals surface area contributed by atoms with E-state index in [1.165, 1.54) is 25.7 Å². The third-order valence-corrected chi connectivity index (χ3v) is 3.93. The molecular formula is C13H25NO2. The molecule has 0 radical (unpaired) electrons. The number of carbonyl (C=O) groups is 1. The first-order chi connectivity index (χ1) is 7.54. The summed E-state index contributed by atoms with van der Waals surface area (Å²) in [7, 11) is 0. The van der Waals surface area contributed by atoms with Crippen molar-refractivity contribution in [3.63, 3.8) is 0 Å². The Kier molecular flexibility index (Phi) is 5.26. The fraction of sp³-hybridized carbons (Fsp3) is 0.923. The van der Waals surface area contributed by atoms with Gasteiger partial charge in [-0.15, -0.1) is 0 Å². The molecule has 1 aliphatic rings. The van der Waals surface area contributed by atoms with Gasteiger partial charge in [0, 0.05) is 12.1 Å². The first-order valence-electron chi connectivity index (χ1n) is 6.52. The molecule has 0 spiro atoms. The van der Waals surface area contributed by atoms with Gasteiger partial charge in [-0.05, 0) is 44.9 Å². The Morgan fingerprint density at radius 2 is 1.94 bits per heavy atom. The highest BCUT2D eigenvalue weighted by molar-refractivity contribution is 5.69. The fourth-order valence-electron chi connectivity index (χ4n) is 2.61. The van der Waals surface area contributed by atoms with Gasteiger partial charge in [0.05, 0.1) is 6.54 Å². The van der Waals surface area contributed by atoms with Crippen molar-refractivity contribution >= 4 is 5.97 Å². The molecule has 0 bridgehead atoms. The molecule has 16 heavy (non-hydrogen) atoms. The van der Waals surface area contributed by atoms with E-state index < -0.39 is 5.97 Å². The minimum absolute atomic E-state index is 0.202. The molecule has 0 heterocycles. The lowest BCUT2D eigenvalue weighted by atomic mass is 9.86. The molecule has 1 N–H and O–H groups in total. The summed E-state index contributed by atoms with van der Waals surface area (Å²) < 4.78 is 0. The Labute approximate surface area is 98.8 Å². The number of hydrogen-bond acceptors (Lipinski definition) is 2. The zero-order chi connectivity index (χ0) is 12.1. The third-order valence-electron chi connectivity index (χ3n) is 3.93. The molecule has 94 valence electrons. The minimum atomic E-state index is -0.695. The van der Waals surface area contributed by atoms with E-state index in [1.807, 2.05) is 0 Å². The number of nitrogens with zero attached hydrogens (tertiary/aromatic N) is 1. The Morgan fingerprint density at radius 3 is 2.38 bits per heavy atom. The number of carboxylic acid groups (broad SMARTS) is 1. The molecule has 0 aliphatic heterocycles. The van der Waals surface area contributed by atoms with Crippen molar-refractivity contribution in [2.24, 2.45) is 5.92 Å². The summed E-state index contributed by atoms with van der Waals surface area (Å²) in [5.74, 6) is 0.124. The van der Waals surface area contributed by atoms with E-state index in [-0.39, 0.29) is 6.54 Å². The molecule has 3 nitrogen and oxygen atoms in total. The van der Waals surface area contributed by atoms with Crippen LogP contribution in [0, 0.1) is 5.92 Å². The fourth-order valence-corrected chi connectivity index (χ4v) is 2.61. The van der Waals surface area contributed by atoms with Gasteiger partial charge in [-0.25, -0.2) is 0 Å². The van der Waals surface area contributed by atoms with Crippen LogP contribution in [0.15, 0.2) is 0 Å². The molecule has 1 fully saturated rings. The lowest BCUT2D eigenvalue weighted by Crippen LogP contribution is -2.46. The molecule has 0 aromatic rings. The molecule has 1 rings (SSSR count). The zero-order valence-electron chi connectivity index (χ0n) is 10.8. The average Bonchev–Trinajstić information content (AvgIpc) is 2.26. The molecule has 3 heteroatoms. The second kappa shape index (κ2) is 6.24. The maximum absolute atomic E-state index is 10.9. The first-order valence-corrected chi connectivity index (χ1v) is 6.52. The molecule has 1 unspecified atom stereocenters. The maximum Gasteiger partial charge on any atom is 0.317 e. The van der Waals surface area contributed by atoms with Crippen LogP contribution in [0.5, 0.6) is 0 Å². The smallest absolute Gasteiger partial charge is 0.317 e. The summed E-state index contributed by atoms with van der Waals surface area (Å²) >= 11 is 0. The quantitative estimate of drug-likeness (QED) is 0.785. The summed E-state index contributed by atoms with van der Waals surface area (Å²) in [4.78, 5) is 13.1. The minimum Gasteiger partial charge on any atom is -0.480 e. The van der Waals surface area contributed by atoms with Crippen LogP contribution in [0.3, 0.4) is 0 Å². The van der Waals surface area contributed by atoms with Crippen molar-refractivity contribution < 1.29 is 9.90 Å². The molecule has 0 saturated heterocycles. The molecule has 0 aromatic heterocycles. The van der Waals surface area contributed by atoms with E-state index in [1.54, 1.807) is 0 Å². The Hall–Kier alpha value is -0.570. The monoisotopic (exact) mass is 227 g/mol. The largest absolute Gasteiger partial charge is 0.480 e. The van der Waals surface area contributed by atoms with Crippen LogP contribution in [0.2, 0.25) is 0 Å². The predicted octanol–water partition coefficient (Wildman–Crippen LogP) is 2.75. The van der Waals surface area contributed by atoms with Crippen LogP contribution in [-0.4, -0.2) is 34.6 Å². The molecule has 0 aromatic carbocycles. The standard InChI is InChI=1S/C13H25NO2/c1-4-11(3)14(9-13(15)16)12-7-5-10(2)6-8-12/h10-12H,4-9H2,1-3H3,(H,15,16). The lowest BCUT2D eigenvalue weighted by molar-refractivity contribution is -0.140. The van der Waals surface area contributed by atoms with Gasteiger partial charge in [-0.3, -0.25) is 9.69 Å². The third kappa shape index (κ3) is 3.78. The van der Waals surface area contributed by atoms with E-state index >= 15 is 0 Å². The van der Waals surface area contributed by atoms with E-state index in [4.69, 9.17) is 5.11 Å². The lowest BCUT2D eigenvalue weighted by Gasteiger charge is -2.38. The van der Waals surface area contributed by atoms with Gasteiger partial charge >= 0.3 is 5.97 Å². The number of aliphatic carboxylic acids is 1. The summed E-state index contributed by atoms with van der Waals surface area (Å²) in [5.41, 5.74) is 0. The molecule has 1 aliphatic carbocycles. The Morgan fingerprint density at radius 1 is 1.38 bits per heavy atom. The number of carboxylic acids is 1. The molecule has 1 atom stereocenters. The van der Waals surface area contributed by atoms with Crippen molar-refractivity contribution in [2.45, 2.75) is 65.0 Å². The predicted molar refractivity (Wildman–Crippen MR) is 65.5 cm³/mol. The van der Waals surface area contributed by atoms with Crippen molar-refractivity contribution in [3.8, 4) is 0 Å². The normalized spacial score (nSPS) is 28.0. The second-order valence-electron chi connectivity index (χ2n) is 5.24. The van der Waals surface area contributed by atoms with Crippen molar-refractivity contribution in [2.75, 3.05) is 6.54 Å². The molecular weight excluding hydrogens is 202 g/mol. The summed E-state index contributed by atoms with van der Waals surface area (Å²) in [6.45, 7) is 6.76. The van der Waals surface area contributed by atoms with Gasteiger partial charge in [-0.1, -0.05) is 13.8 Å². The molecule has 1 saturated carbocycles. The Balaban J connectivity index is 2.57. The van der Waals surface area contributed by atoms with Gasteiger partial charge in [-0.2, -0.15) is 0 Å². The topological polar surface area (TPSA) is 40.5 Å². The van der Waals surface area contributed by atoms with Gasteiger partial charge < -0.3 is 5.11 Å². The SMILES string of the molecule is CCC(C)N(CC(=O)O)C1CCC(C)CC1. The van der Waals surface area contributed by atoms with Crippen LogP contribution < -0.4 is 0 Å². The van der Waals surface area contributed by atoms with Gasteiger partial charge in [0.1, 0.15) is 0 Å². The van der Waals surface area contributed by atoms with E-state index in [9.17, 15) is 4.79 Å². The summed E-state index contributed by atoms with van der Waals surface area (Å²) in [6.07, 6.45) is 5.85. The van der Waals surface area contributed by atoms with Gasteiger partial charge in [0.2, 0.25) is 0 Å². The number of rotatable bonds is 5. The van der Waals surface area contributed by atoms with Crippen LogP contribution in [0.4, 0.5) is 0 Å². The van der Waals surface area contributed by atoms with Crippen LogP contribution in [0.25, 0.3) is 0 Å². The van der Waals surface area contributed by atoms with Gasteiger partial charge in [0.15, 0.2) is 0 Å². The van der Waals surface area contributed by atoms with Crippen molar-refractivity contribution in [1.29, 1.82) is 0 Å². The van der Waals surface area contributed by atoms with E-state index in [0.717, 1.165) is 12.3 Å². The van der Waals surface area contributed by atoms with Crippen LogP contribution in [0.1, 0.15) is 52.9 Å². The van der Waals surface area contributed by atoms with Gasteiger partial charge in [0.25, 0.3) is 0 Å². The summed E-state index contributed by atoms with van der Waals surface area (Å²) in [6, 6.07) is 0.872. The highest BCUT2D eigenvalue weighted by Gasteiger charge is 2.27. The maximum atomic E-state index is 10.9. The van der Waals surface area contributed by atoms with Crippen molar-refractivity contribution in [1.82, 2.24) is 4.90 Å². The van der Waals surface area contributed by atoms with Crippen LogP contribution >= 0.6 is 0 Å². The summed E-state index contributed by atoms with van der Waals surface area (Å²) in [5, 5.41) is 8.97. The molecule has 0 amide bonds. The second-order valence-corrected chi connectivity index (χ2v) is 5.24.